The number of H-pyrrole nitrogens is 1. The van der Waals surface area contributed by atoms with Crippen LogP contribution in [-0.4, -0.2) is 37.6 Å². The Morgan fingerprint density at radius 1 is 1.12 bits per heavy atom. The molecule has 0 radical (unpaired) electrons. The van der Waals surface area contributed by atoms with E-state index in [2.05, 4.69) is 14.7 Å². The molecule has 7 nitrogen and oxygen atoms in total. The Morgan fingerprint density at radius 3 is 2.31 bits per heavy atom. The quantitative estimate of drug-likeness (QED) is 0.540. The van der Waals surface area contributed by atoms with Crippen LogP contribution in [0.15, 0.2) is 33.9 Å². The van der Waals surface area contributed by atoms with Gasteiger partial charge in [-0.1, -0.05) is 13.3 Å². The van der Waals surface area contributed by atoms with E-state index in [4.69, 9.17) is 0 Å². The van der Waals surface area contributed by atoms with Crippen LogP contribution in [0.5, 0.6) is 5.75 Å². The number of benzene rings is 1. The molecule has 0 aliphatic carbocycles. The lowest BCUT2D eigenvalue weighted by molar-refractivity contribution is -0.304. The van der Waals surface area contributed by atoms with E-state index in [1.165, 1.54) is 28.3 Å². The number of alkyl halides is 6. The fraction of sp³-hybridized carbons (Fsp3) is 0.421. The lowest BCUT2D eigenvalue weighted by atomic mass is 10.2. The number of imidazole rings is 1. The number of hydrogen-bond donors (Lipinski definition) is 1. The molecule has 3 aromatic rings. The van der Waals surface area contributed by atoms with Gasteiger partial charge in [-0.15, -0.1) is 0 Å². The smallest absolute Gasteiger partial charge is 0.430 e. The highest BCUT2D eigenvalue weighted by Gasteiger charge is 2.59. The SMILES string of the molecule is CCCCn1c(=O)[nH]c(=O)c2c1nc(-c1ccc(OC(F)(F)C(F)C(F)(F)F)cc1)n2C. The summed E-state index contributed by atoms with van der Waals surface area (Å²) >= 11 is 0. The fourth-order valence-corrected chi connectivity index (χ4v) is 3.10. The number of hydrogen-bond acceptors (Lipinski definition) is 4. The van der Waals surface area contributed by atoms with Crippen molar-refractivity contribution in [1.29, 1.82) is 0 Å². The third kappa shape index (κ3) is 4.36. The Hall–Kier alpha value is -3.25. The molecule has 174 valence electrons. The minimum atomic E-state index is -5.79. The first-order valence-electron chi connectivity index (χ1n) is 9.44. The zero-order valence-electron chi connectivity index (χ0n) is 16.8. The summed E-state index contributed by atoms with van der Waals surface area (Å²) in [5.74, 6) is -0.513. The van der Waals surface area contributed by atoms with Gasteiger partial charge in [0.2, 0.25) is 0 Å². The molecule has 3 rings (SSSR count). The van der Waals surface area contributed by atoms with E-state index >= 15 is 0 Å². The standard InChI is InChI=1S/C19H18F6N4O3/c1-3-4-9-29-14-12(15(30)27-17(29)31)28(2)13(26-14)10-5-7-11(8-6-10)32-19(24,25)16(20)18(21,22)23/h5-8,16H,3-4,9H2,1-2H3,(H,27,30,31). The van der Waals surface area contributed by atoms with Gasteiger partial charge in [-0.2, -0.15) is 22.0 Å². The monoisotopic (exact) mass is 464 g/mol. The van der Waals surface area contributed by atoms with E-state index in [0.717, 1.165) is 18.6 Å². The van der Waals surface area contributed by atoms with Gasteiger partial charge in [0.15, 0.2) is 11.2 Å². The largest absolute Gasteiger partial charge is 0.439 e. The summed E-state index contributed by atoms with van der Waals surface area (Å²) < 4.78 is 83.3. The van der Waals surface area contributed by atoms with Gasteiger partial charge >= 0.3 is 18.0 Å². The van der Waals surface area contributed by atoms with Crippen LogP contribution in [0.1, 0.15) is 19.8 Å². The molecule has 13 heteroatoms. The second-order valence-electron chi connectivity index (χ2n) is 7.02. The topological polar surface area (TPSA) is 81.9 Å². The Balaban J connectivity index is 1.98. The van der Waals surface area contributed by atoms with Gasteiger partial charge < -0.3 is 9.30 Å². The molecule has 1 unspecified atom stereocenters. The summed E-state index contributed by atoms with van der Waals surface area (Å²) in [6, 6.07) is 4.24. The molecule has 0 spiro atoms. The zero-order chi connectivity index (χ0) is 23.8. The highest BCUT2D eigenvalue weighted by atomic mass is 19.4. The van der Waals surface area contributed by atoms with Crippen molar-refractivity contribution in [2.45, 2.75) is 44.8 Å². The number of rotatable bonds is 7. The Morgan fingerprint density at radius 2 is 1.75 bits per heavy atom. The molecule has 0 saturated carbocycles. The van der Waals surface area contributed by atoms with Crippen molar-refractivity contribution >= 4 is 11.2 Å². The van der Waals surface area contributed by atoms with Gasteiger partial charge in [-0.05, 0) is 30.7 Å². The molecule has 1 aromatic carbocycles. The average molecular weight is 464 g/mol. The second-order valence-corrected chi connectivity index (χ2v) is 7.02. The highest BCUT2D eigenvalue weighted by molar-refractivity contribution is 5.76. The van der Waals surface area contributed by atoms with Crippen molar-refractivity contribution in [2.75, 3.05) is 0 Å². The van der Waals surface area contributed by atoms with Gasteiger partial charge in [0, 0.05) is 19.2 Å². The van der Waals surface area contributed by atoms with Crippen LogP contribution in [0, 0.1) is 0 Å². The Bertz CT molecular complexity index is 1230. The predicted molar refractivity (Wildman–Crippen MR) is 102 cm³/mol. The molecule has 2 heterocycles. The average Bonchev–Trinajstić information content (AvgIpc) is 3.04. The Kier molecular flexibility index (Phi) is 6.11. The van der Waals surface area contributed by atoms with E-state index in [9.17, 15) is 35.9 Å². The van der Waals surface area contributed by atoms with Crippen LogP contribution in [0.4, 0.5) is 26.3 Å². The predicted octanol–water partition coefficient (Wildman–Crippen LogP) is 3.76. The van der Waals surface area contributed by atoms with Crippen molar-refractivity contribution in [1.82, 2.24) is 19.1 Å². The molecule has 1 atom stereocenters. The van der Waals surface area contributed by atoms with E-state index in [1.54, 1.807) is 0 Å². The molecule has 0 bridgehead atoms. The van der Waals surface area contributed by atoms with Crippen molar-refractivity contribution < 1.29 is 31.1 Å². The minimum absolute atomic E-state index is 0.105. The van der Waals surface area contributed by atoms with E-state index < -0.39 is 35.5 Å². The Labute approximate surface area is 176 Å². The van der Waals surface area contributed by atoms with Crippen LogP contribution < -0.4 is 16.0 Å². The van der Waals surface area contributed by atoms with Crippen LogP contribution in [0.25, 0.3) is 22.6 Å². The van der Waals surface area contributed by atoms with Gasteiger partial charge in [-0.3, -0.25) is 14.3 Å². The third-order valence-electron chi connectivity index (χ3n) is 4.70. The van der Waals surface area contributed by atoms with Crippen molar-refractivity contribution in [3.05, 3.63) is 45.1 Å². The van der Waals surface area contributed by atoms with E-state index in [-0.39, 0.29) is 17.0 Å². The first kappa shape index (κ1) is 23.4. The molecular formula is C19H18F6N4O3. The molecule has 0 aliphatic rings. The van der Waals surface area contributed by atoms with Crippen molar-refractivity contribution in [3.8, 4) is 17.1 Å². The summed E-state index contributed by atoms with van der Waals surface area (Å²) in [5, 5.41) is 0. The maximum absolute atomic E-state index is 13.5. The number of aryl methyl sites for hydroxylation is 2. The summed E-state index contributed by atoms with van der Waals surface area (Å²) in [6.07, 6.45) is -14.0. The molecular weight excluding hydrogens is 446 g/mol. The number of aromatic nitrogens is 4. The van der Waals surface area contributed by atoms with E-state index in [1.807, 2.05) is 6.92 Å². The zero-order valence-corrected chi connectivity index (χ0v) is 16.8. The number of halogens is 6. The second kappa shape index (κ2) is 8.36. The van der Waals surface area contributed by atoms with Crippen molar-refractivity contribution in [2.24, 2.45) is 7.05 Å². The molecule has 0 amide bonds. The first-order valence-corrected chi connectivity index (χ1v) is 9.44. The third-order valence-corrected chi connectivity index (χ3v) is 4.70. The summed E-state index contributed by atoms with van der Waals surface area (Å²) in [5.41, 5.74) is -0.771. The molecule has 0 saturated heterocycles. The highest BCUT2D eigenvalue weighted by Crippen LogP contribution is 2.37. The normalized spacial score (nSPS) is 13.5. The molecule has 0 fully saturated rings. The van der Waals surface area contributed by atoms with Crippen LogP contribution >= 0.6 is 0 Å². The van der Waals surface area contributed by atoms with Crippen LogP contribution in [0.3, 0.4) is 0 Å². The molecule has 32 heavy (non-hydrogen) atoms. The number of nitrogens with zero attached hydrogens (tertiary/aromatic N) is 3. The number of unbranched alkanes of at least 4 members (excludes halogenated alkanes) is 1. The minimum Gasteiger partial charge on any atom is -0.430 e. The molecule has 0 aliphatic heterocycles. The van der Waals surface area contributed by atoms with Gasteiger partial charge in [-0.25, -0.2) is 14.2 Å². The molecule has 2 aromatic heterocycles. The number of aromatic amines is 1. The van der Waals surface area contributed by atoms with Gasteiger partial charge in [0.05, 0.1) is 0 Å². The molecule has 1 N–H and O–H groups in total. The summed E-state index contributed by atoms with van der Waals surface area (Å²) in [7, 11) is 1.50. The number of fused-ring (bicyclic) bond motifs is 1. The van der Waals surface area contributed by atoms with Crippen LogP contribution in [0.2, 0.25) is 0 Å². The van der Waals surface area contributed by atoms with Gasteiger partial charge in [0.25, 0.3) is 11.7 Å². The van der Waals surface area contributed by atoms with Crippen molar-refractivity contribution in [3.63, 3.8) is 0 Å². The van der Waals surface area contributed by atoms with E-state index in [0.29, 0.717) is 18.5 Å². The summed E-state index contributed by atoms with van der Waals surface area (Å²) in [6.45, 7) is 2.23. The fourth-order valence-electron chi connectivity index (χ4n) is 3.10. The first-order chi connectivity index (χ1) is 14.9. The van der Waals surface area contributed by atoms with Crippen LogP contribution in [-0.2, 0) is 13.6 Å². The number of ether oxygens (including phenoxy) is 1. The maximum atomic E-state index is 13.5. The summed E-state index contributed by atoms with van der Waals surface area (Å²) in [4.78, 5) is 31.0. The lowest BCUT2D eigenvalue weighted by Gasteiger charge is -2.23. The van der Waals surface area contributed by atoms with Gasteiger partial charge in [0.1, 0.15) is 11.6 Å². The lowest BCUT2D eigenvalue weighted by Crippen LogP contribution is -2.45. The maximum Gasteiger partial charge on any atom is 0.439 e. The number of nitrogens with one attached hydrogen (secondary N) is 1.